The van der Waals surface area contributed by atoms with Gasteiger partial charge in [-0.3, -0.25) is 0 Å². The zero-order valence-electron chi connectivity index (χ0n) is 10.8. The van der Waals surface area contributed by atoms with Crippen LogP contribution in [-0.4, -0.2) is 46.9 Å². The molecule has 19 heavy (non-hydrogen) atoms. The average molecular weight is 264 g/mol. The van der Waals surface area contributed by atoms with Crippen molar-refractivity contribution in [2.75, 3.05) is 21.2 Å². The Kier molecular flexibility index (Phi) is 3.46. The van der Waals surface area contributed by atoms with E-state index in [4.69, 9.17) is 4.74 Å². The molecule has 0 saturated heterocycles. The second kappa shape index (κ2) is 5.05. The van der Waals surface area contributed by atoms with Crippen molar-refractivity contribution < 1.29 is 13.9 Å². The zero-order valence-corrected chi connectivity index (χ0v) is 10.8. The molecule has 0 fully saturated rings. The van der Waals surface area contributed by atoms with Crippen molar-refractivity contribution in [1.29, 1.82) is 0 Å². The van der Waals surface area contributed by atoms with Crippen LogP contribution >= 0.6 is 0 Å². The molecule has 0 aliphatic carbocycles. The summed E-state index contributed by atoms with van der Waals surface area (Å²) in [5, 5.41) is 3.93. The molecule has 0 unspecified atom stereocenters. The highest BCUT2D eigenvalue weighted by atomic mass is 19.1. The number of methoxy groups -OCH3 is 1. The van der Waals surface area contributed by atoms with Crippen molar-refractivity contribution in [2.24, 2.45) is 0 Å². The van der Waals surface area contributed by atoms with Gasteiger partial charge in [-0.15, -0.1) is 5.10 Å². The van der Waals surface area contributed by atoms with E-state index < -0.39 is 11.8 Å². The van der Waals surface area contributed by atoms with Crippen LogP contribution in [0.1, 0.15) is 0 Å². The topological polar surface area (TPSA) is 60.3 Å². The van der Waals surface area contributed by atoms with Gasteiger partial charge in [0.2, 0.25) is 0 Å². The molecule has 7 heteroatoms. The Hall–Kier alpha value is -2.44. The molecule has 0 aliphatic rings. The Bertz CT molecular complexity index is 610. The molecule has 2 rings (SSSR count). The number of ether oxygens (including phenoxy) is 1. The Morgan fingerprint density at radius 2 is 2.16 bits per heavy atom. The number of halogens is 1. The van der Waals surface area contributed by atoms with Crippen LogP contribution in [0.15, 0.2) is 24.3 Å². The summed E-state index contributed by atoms with van der Waals surface area (Å²) in [4.78, 5) is 17.4. The SMILES string of the molecule is COc1nc(-c2cccc(F)c2)n(C(=O)N(C)C)n1. The highest BCUT2D eigenvalue weighted by molar-refractivity contribution is 5.80. The molecule has 1 aromatic heterocycles. The molecule has 6 nitrogen and oxygen atoms in total. The number of carbonyl (C=O) groups is 1. The number of nitrogens with zero attached hydrogens (tertiary/aromatic N) is 4. The third-order valence-electron chi connectivity index (χ3n) is 2.42. The van der Waals surface area contributed by atoms with E-state index in [0.717, 1.165) is 4.68 Å². The Morgan fingerprint density at radius 1 is 1.42 bits per heavy atom. The number of aromatic nitrogens is 3. The van der Waals surface area contributed by atoms with Crippen LogP contribution in [0, 0.1) is 5.82 Å². The average Bonchev–Trinajstić information content (AvgIpc) is 2.81. The predicted molar refractivity (Wildman–Crippen MR) is 66.4 cm³/mol. The van der Waals surface area contributed by atoms with Gasteiger partial charge in [-0.2, -0.15) is 9.67 Å². The minimum atomic E-state index is -0.414. The van der Waals surface area contributed by atoms with Crippen molar-refractivity contribution in [3.8, 4) is 17.4 Å². The Balaban J connectivity index is 2.55. The summed E-state index contributed by atoms with van der Waals surface area (Å²) in [6.07, 6.45) is 0. The van der Waals surface area contributed by atoms with Crippen molar-refractivity contribution in [3.63, 3.8) is 0 Å². The fraction of sp³-hybridized carbons (Fsp3) is 0.250. The van der Waals surface area contributed by atoms with E-state index in [1.54, 1.807) is 20.2 Å². The summed E-state index contributed by atoms with van der Waals surface area (Å²) in [5.74, 6) is -0.182. The largest absolute Gasteiger partial charge is 0.466 e. The van der Waals surface area contributed by atoms with Crippen LogP contribution in [0.3, 0.4) is 0 Å². The lowest BCUT2D eigenvalue weighted by molar-refractivity contribution is 0.215. The lowest BCUT2D eigenvalue weighted by atomic mass is 10.2. The summed E-state index contributed by atoms with van der Waals surface area (Å²) in [7, 11) is 4.58. The lowest BCUT2D eigenvalue weighted by Gasteiger charge is -2.10. The van der Waals surface area contributed by atoms with Gasteiger partial charge in [0.15, 0.2) is 5.82 Å². The van der Waals surface area contributed by atoms with Gasteiger partial charge in [0.05, 0.1) is 7.11 Å². The summed E-state index contributed by atoms with van der Waals surface area (Å²) >= 11 is 0. The molecule has 1 heterocycles. The highest BCUT2D eigenvalue weighted by Crippen LogP contribution is 2.20. The second-order valence-electron chi connectivity index (χ2n) is 4.02. The van der Waals surface area contributed by atoms with E-state index in [9.17, 15) is 9.18 Å². The minimum absolute atomic E-state index is 0.0504. The summed E-state index contributed by atoms with van der Waals surface area (Å²) in [6, 6.07) is 5.44. The fourth-order valence-electron chi connectivity index (χ4n) is 1.52. The smallest absolute Gasteiger partial charge is 0.346 e. The van der Waals surface area contributed by atoms with Gasteiger partial charge in [-0.05, 0) is 12.1 Å². The summed E-state index contributed by atoms with van der Waals surface area (Å²) < 4.78 is 19.2. The van der Waals surface area contributed by atoms with Crippen LogP contribution in [0.2, 0.25) is 0 Å². The molecule has 0 bridgehead atoms. The first-order valence-electron chi connectivity index (χ1n) is 5.51. The van der Waals surface area contributed by atoms with Gasteiger partial charge in [0.1, 0.15) is 5.82 Å². The van der Waals surface area contributed by atoms with E-state index in [-0.39, 0.29) is 11.8 Å². The van der Waals surface area contributed by atoms with Crippen LogP contribution in [0.25, 0.3) is 11.4 Å². The van der Waals surface area contributed by atoms with E-state index in [0.29, 0.717) is 5.56 Å². The lowest BCUT2D eigenvalue weighted by Crippen LogP contribution is -2.28. The van der Waals surface area contributed by atoms with E-state index >= 15 is 0 Å². The summed E-state index contributed by atoms with van der Waals surface area (Å²) in [6.45, 7) is 0. The van der Waals surface area contributed by atoms with Crippen LogP contribution < -0.4 is 4.74 Å². The van der Waals surface area contributed by atoms with Crippen molar-refractivity contribution in [1.82, 2.24) is 19.7 Å². The van der Waals surface area contributed by atoms with Crippen LogP contribution in [-0.2, 0) is 0 Å². The van der Waals surface area contributed by atoms with Crippen molar-refractivity contribution >= 4 is 6.03 Å². The molecule has 2 aromatic rings. The Morgan fingerprint density at radius 3 is 2.74 bits per heavy atom. The normalized spacial score (nSPS) is 10.3. The fourth-order valence-corrected chi connectivity index (χ4v) is 1.52. The zero-order chi connectivity index (χ0) is 14.0. The predicted octanol–water partition coefficient (Wildman–Crippen LogP) is 1.62. The number of amides is 1. The third kappa shape index (κ3) is 2.54. The number of hydrogen-bond acceptors (Lipinski definition) is 4. The number of carbonyl (C=O) groups excluding carboxylic acids is 1. The molecular formula is C12H13FN4O2. The molecule has 1 amide bonds. The van der Waals surface area contributed by atoms with Gasteiger partial charge >= 0.3 is 12.0 Å². The monoisotopic (exact) mass is 264 g/mol. The highest BCUT2D eigenvalue weighted by Gasteiger charge is 2.19. The van der Waals surface area contributed by atoms with Crippen LogP contribution in [0.5, 0.6) is 6.01 Å². The maximum absolute atomic E-state index is 13.2. The maximum atomic E-state index is 13.2. The van der Waals surface area contributed by atoms with Gasteiger partial charge in [0, 0.05) is 19.7 Å². The van der Waals surface area contributed by atoms with Gasteiger partial charge in [-0.25, -0.2) is 9.18 Å². The Labute approximate surface area is 109 Å². The molecule has 0 spiro atoms. The molecular weight excluding hydrogens is 251 g/mol. The van der Waals surface area contributed by atoms with E-state index in [2.05, 4.69) is 10.1 Å². The standard InChI is InChI=1S/C12H13FN4O2/c1-16(2)12(18)17-10(14-11(15-17)19-3)8-5-4-6-9(13)7-8/h4-7H,1-3H3. The third-order valence-corrected chi connectivity index (χ3v) is 2.42. The quantitative estimate of drug-likeness (QED) is 0.827. The molecule has 1 aromatic carbocycles. The molecule has 0 saturated carbocycles. The van der Waals surface area contributed by atoms with E-state index in [1.165, 1.54) is 30.2 Å². The first-order chi connectivity index (χ1) is 9.02. The number of rotatable bonds is 2. The molecule has 0 atom stereocenters. The molecule has 0 radical (unpaired) electrons. The minimum Gasteiger partial charge on any atom is -0.466 e. The number of benzene rings is 1. The molecule has 0 aliphatic heterocycles. The van der Waals surface area contributed by atoms with Gasteiger partial charge < -0.3 is 9.64 Å². The number of hydrogen-bond donors (Lipinski definition) is 0. The van der Waals surface area contributed by atoms with E-state index in [1.807, 2.05) is 0 Å². The maximum Gasteiger partial charge on any atom is 0.346 e. The first kappa shape index (κ1) is 13.0. The van der Waals surface area contributed by atoms with Gasteiger partial charge in [0.25, 0.3) is 0 Å². The summed E-state index contributed by atoms with van der Waals surface area (Å²) in [5.41, 5.74) is 0.450. The van der Waals surface area contributed by atoms with Crippen LogP contribution in [0.4, 0.5) is 9.18 Å². The first-order valence-corrected chi connectivity index (χ1v) is 5.51. The van der Waals surface area contributed by atoms with Gasteiger partial charge in [-0.1, -0.05) is 12.1 Å². The van der Waals surface area contributed by atoms with Crippen molar-refractivity contribution in [2.45, 2.75) is 0 Å². The van der Waals surface area contributed by atoms with Crippen molar-refractivity contribution in [3.05, 3.63) is 30.1 Å². The molecule has 100 valence electrons. The molecule has 0 N–H and O–H groups in total. The second-order valence-corrected chi connectivity index (χ2v) is 4.02.